The van der Waals surface area contributed by atoms with Crippen molar-refractivity contribution in [2.75, 3.05) is 6.61 Å². The van der Waals surface area contributed by atoms with Crippen LogP contribution in [0.1, 0.15) is 136 Å². The van der Waals surface area contributed by atoms with Gasteiger partial charge in [-0.1, -0.05) is 130 Å². The summed E-state index contributed by atoms with van der Waals surface area (Å²) in [5.41, 5.74) is 0.491. The lowest BCUT2D eigenvalue weighted by atomic mass is 10.0. The van der Waals surface area contributed by atoms with Crippen molar-refractivity contribution >= 4 is 5.97 Å². The first kappa shape index (κ1) is 27.2. The van der Waals surface area contributed by atoms with Crippen molar-refractivity contribution in [3.05, 3.63) is 12.2 Å². The Morgan fingerprint density at radius 1 is 0.714 bits per heavy atom. The monoisotopic (exact) mass is 394 g/mol. The average molecular weight is 395 g/mol. The van der Waals surface area contributed by atoms with Crippen LogP contribution in [0.25, 0.3) is 0 Å². The van der Waals surface area contributed by atoms with Crippen LogP contribution in [0.2, 0.25) is 0 Å². The number of carbonyl (C=O) groups is 1. The number of esters is 1. The van der Waals surface area contributed by atoms with E-state index >= 15 is 0 Å². The Morgan fingerprint density at radius 2 is 1.07 bits per heavy atom. The molecule has 0 aromatic rings. The van der Waals surface area contributed by atoms with Gasteiger partial charge in [0.05, 0.1) is 6.61 Å². The van der Waals surface area contributed by atoms with Gasteiger partial charge in [-0.25, -0.2) is 4.79 Å². The Labute approximate surface area is 176 Å². The van der Waals surface area contributed by atoms with Crippen molar-refractivity contribution in [3.63, 3.8) is 0 Å². The third-order valence-corrected chi connectivity index (χ3v) is 5.65. The van der Waals surface area contributed by atoms with Crippen molar-refractivity contribution in [3.8, 4) is 0 Å². The second-order valence-corrected chi connectivity index (χ2v) is 8.93. The molecule has 166 valence electrons. The molecule has 0 N–H and O–H groups in total. The van der Waals surface area contributed by atoms with Crippen LogP contribution in [0.15, 0.2) is 12.2 Å². The molecule has 0 aliphatic heterocycles. The Hall–Kier alpha value is -0.790. The predicted molar refractivity (Wildman–Crippen MR) is 124 cm³/mol. The van der Waals surface area contributed by atoms with Gasteiger partial charge in [0, 0.05) is 5.57 Å². The van der Waals surface area contributed by atoms with Crippen LogP contribution in [0.4, 0.5) is 0 Å². The molecule has 1 atom stereocenters. The van der Waals surface area contributed by atoms with E-state index < -0.39 is 0 Å². The van der Waals surface area contributed by atoms with E-state index in [9.17, 15) is 4.79 Å². The minimum Gasteiger partial charge on any atom is -0.462 e. The number of rotatable bonds is 21. The van der Waals surface area contributed by atoms with Gasteiger partial charge in [-0.15, -0.1) is 0 Å². The lowest BCUT2D eigenvalue weighted by Gasteiger charge is -2.11. The van der Waals surface area contributed by atoms with E-state index in [1.54, 1.807) is 6.92 Å². The van der Waals surface area contributed by atoms with Gasteiger partial charge in [-0.05, 0) is 19.3 Å². The van der Waals surface area contributed by atoms with Crippen molar-refractivity contribution in [2.45, 2.75) is 136 Å². The molecule has 0 bridgehead atoms. The Morgan fingerprint density at radius 3 is 1.43 bits per heavy atom. The maximum Gasteiger partial charge on any atom is 0.333 e. The molecule has 0 fully saturated rings. The quantitative estimate of drug-likeness (QED) is 0.110. The van der Waals surface area contributed by atoms with Crippen LogP contribution in [0.3, 0.4) is 0 Å². The summed E-state index contributed by atoms with van der Waals surface area (Å²) in [6.07, 6.45) is 25.1. The van der Waals surface area contributed by atoms with E-state index in [0.29, 0.717) is 18.1 Å². The first-order valence-electron chi connectivity index (χ1n) is 12.4. The lowest BCUT2D eigenvalue weighted by molar-refractivity contribution is -0.140. The van der Waals surface area contributed by atoms with Gasteiger partial charge >= 0.3 is 5.97 Å². The first-order chi connectivity index (χ1) is 13.6. The highest BCUT2D eigenvalue weighted by Gasteiger charge is 2.07. The Bertz CT molecular complexity index is 361. The zero-order valence-electron chi connectivity index (χ0n) is 19.5. The molecule has 2 nitrogen and oxygen atoms in total. The first-order valence-corrected chi connectivity index (χ1v) is 12.4. The van der Waals surface area contributed by atoms with Crippen molar-refractivity contribution < 1.29 is 9.53 Å². The van der Waals surface area contributed by atoms with Crippen LogP contribution in [-0.2, 0) is 9.53 Å². The van der Waals surface area contributed by atoms with Crippen LogP contribution in [0, 0.1) is 5.92 Å². The zero-order valence-corrected chi connectivity index (χ0v) is 19.5. The number of unbranched alkanes of at least 4 members (excludes halogenated alkanes) is 16. The SMILES string of the molecule is C=C(C)C(=O)OCC(C)CCCCCCCCCCCCCCCCCCC. The van der Waals surface area contributed by atoms with Gasteiger partial charge in [0.2, 0.25) is 0 Å². The second kappa shape index (κ2) is 20.9. The van der Waals surface area contributed by atoms with E-state index in [2.05, 4.69) is 20.4 Å². The van der Waals surface area contributed by atoms with Gasteiger partial charge in [0.1, 0.15) is 0 Å². The molecule has 28 heavy (non-hydrogen) atoms. The molecule has 0 aliphatic rings. The fourth-order valence-corrected chi connectivity index (χ4v) is 3.64. The molecule has 0 saturated heterocycles. The van der Waals surface area contributed by atoms with Crippen molar-refractivity contribution in [1.29, 1.82) is 0 Å². The van der Waals surface area contributed by atoms with Crippen LogP contribution in [0.5, 0.6) is 0 Å². The molecule has 2 heteroatoms. The second-order valence-electron chi connectivity index (χ2n) is 8.93. The molecule has 0 heterocycles. The van der Waals surface area contributed by atoms with Gasteiger partial charge in [0.25, 0.3) is 0 Å². The van der Waals surface area contributed by atoms with Gasteiger partial charge in [0.15, 0.2) is 0 Å². The number of hydrogen-bond acceptors (Lipinski definition) is 2. The molecule has 0 aliphatic carbocycles. The van der Waals surface area contributed by atoms with E-state index in [-0.39, 0.29) is 5.97 Å². The summed E-state index contributed by atoms with van der Waals surface area (Å²) in [4.78, 5) is 11.4. The molecular weight excluding hydrogens is 344 g/mol. The van der Waals surface area contributed by atoms with Gasteiger partial charge < -0.3 is 4.74 Å². The third kappa shape index (κ3) is 20.0. The third-order valence-electron chi connectivity index (χ3n) is 5.65. The fraction of sp³-hybridized carbons (Fsp3) is 0.885. The smallest absolute Gasteiger partial charge is 0.333 e. The molecule has 0 rings (SSSR count). The van der Waals surface area contributed by atoms with E-state index in [4.69, 9.17) is 4.74 Å². The Kier molecular flexibility index (Phi) is 20.3. The highest BCUT2D eigenvalue weighted by Crippen LogP contribution is 2.15. The highest BCUT2D eigenvalue weighted by atomic mass is 16.5. The lowest BCUT2D eigenvalue weighted by Crippen LogP contribution is -2.12. The van der Waals surface area contributed by atoms with Crippen LogP contribution < -0.4 is 0 Å². The van der Waals surface area contributed by atoms with Gasteiger partial charge in [-0.2, -0.15) is 0 Å². The minimum absolute atomic E-state index is 0.255. The summed E-state index contributed by atoms with van der Waals surface area (Å²) in [6.45, 7) is 10.3. The normalized spacial score (nSPS) is 12.1. The molecule has 0 spiro atoms. The number of carbonyl (C=O) groups excluding carboxylic acids is 1. The largest absolute Gasteiger partial charge is 0.462 e. The van der Waals surface area contributed by atoms with Crippen molar-refractivity contribution in [1.82, 2.24) is 0 Å². The maximum absolute atomic E-state index is 11.4. The molecule has 0 aromatic heterocycles. The summed E-state index contributed by atoms with van der Waals surface area (Å²) in [5.74, 6) is 0.203. The van der Waals surface area contributed by atoms with Gasteiger partial charge in [-0.3, -0.25) is 0 Å². The minimum atomic E-state index is -0.255. The zero-order chi connectivity index (χ0) is 20.9. The predicted octanol–water partition coefficient (Wildman–Crippen LogP) is 8.78. The maximum atomic E-state index is 11.4. The van der Waals surface area contributed by atoms with E-state index in [0.717, 1.165) is 6.42 Å². The summed E-state index contributed by atoms with van der Waals surface area (Å²) in [7, 11) is 0. The standard InChI is InChI=1S/C26H50O2/c1-5-6-7-8-9-10-11-12-13-14-15-16-17-18-19-20-21-22-25(4)23-28-26(27)24(2)3/h25H,2,5-23H2,1,3-4H3. The van der Waals surface area contributed by atoms with E-state index in [1.165, 1.54) is 109 Å². The van der Waals surface area contributed by atoms with Crippen LogP contribution >= 0.6 is 0 Å². The number of hydrogen-bond donors (Lipinski definition) is 0. The molecule has 0 aromatic carbocycles. The van der Waals surface area contributed by atoms with Crippen molar-refractivity contribution in [2.24, 2.45) is 5.92 Å². The van der Waals surface area contributed by atoms with E-state index in [1.807, 2.05) is 0 Å². The van der Waals surface area contributed by atoms with Crippen LogP contribution in [-0.4, -0.2) is 12.6 Å². The molecule has 0 saturated carbocycles. The summed E-state index contributed by atoms with van der Waals surface area (Å²) < 4.78 is 5.21. The summed E-state index contributed by atoms with van der Waals surface area (Å²) in [6, 6.07) is 0. The molecular formula is C26H50O2. The molecule has 0 amide bonds. The fourth-order valence-electron chi connectivity index (χ4n) is 3.64. The number of ether oxygens (including phenoxy) is 1. The summed E-state index contributed by atoms with van der Waals surface area (Å²) in [5, 5.41) is 0. The molecule has 1 unspecified atom stereocenters. The topological polar surface area (TPSA) is 26.3 Å². The summed E-state index contributed by atoms with van der Waals surface area (Å²) >= 11 is 0. The Balaban J connectivity index is 3.17. The average Bonchev–Trinajstić information content (AvgIpc) is 2.68. The molecule has 0 radical (unpaired) electrons. The highest BCUT2D eigenvalue weighted by molar-refractivity contribution is 5.86.